The molecule has 0 aromatic carbocycles. The molecule has 28 valence electrons. The normalized spacial score (nSPS) is 3.00. The van der Waals surface area contributed by atoms with Gasteiger partial charge in [0.05, 0.1) is 0 Å². The van der Waals surface area contributed by atoms with Crippen molar-refractivity contribution in [1.82, 2.24) is 0 Å². The van der Waals surface area contributed by atoms with Crippen LogP contribution in [0.1, 0.15) is 0 Å². The first-order valence-electron chi connectivity index (χ1n) is 0.816. The van der Waals surface area contributed by atoms with Crippen molar-refractivity contribution >= 4 is 0 Å². The zero-order chi connectivity index (χ0) is 2.71. The first-order valence-corrected chi connectivity index (χ1v) is 0.816. The van der Waals surface area contributed by atoms with Gasteiger partial charge in [0.25, 0.3) is 0 Å². The van der Waals surface area contributed by atoms with E-state index in [-0.39, 0.29) is 22.4 Å². The molecule has 0 unspecified atom stereocenters. The summed E-state index contributed by atoms with van der Waals surface area (Å²) in [5.41, 5.74) is 0. The molecule has 0 aliphatic carbocycles. The van der Waals surface area contributed by atoms with Crippen molar-refractivity contribution in [2.45, 2.75) is 0 Å². The number of hydrogen-bond acceptors (Lipinski definition) is 0. The molecule has 0 aliphatic heterocycles. The molecule has 0 rings (SSSR count). The van der Waals surface area contributed by atoms with Gasteiger partial charge in [0.15, 0.2) is 0 Å². The third kappa shape index (κ3) is 34.9. The summed E-state index contributed by atoms with van der Waals surface area (Å²) in [6, 6.07) is 0. The van der Waals surface area contributed by atoms with Gasteiger partial charge in [-0.25, -0.2) is 19.6 Å². The van der Waals surface area contributed by atoms with Gasteiger partial charge in [-0.3, -0.25) is 0 Å². The molecule has 0 heterocycles. The molecular formula is C3H5Au. The predicted octanol–water partition coefficient (Wildman–Crippen LogP) is 1.00. The van der Waals surface area contributed by atoms with Gasteiger partial charge in [-0.15, -0.1) is 0 Å². The van der Waals surface area contributed by atoms with Crippen LogP contribution in [0.4, 0.5) is 0 Å². The maximum atomic E-state index is 3.25. The molecule has 0 nitrogen and oxygen atoms in total. The summed E-state index contributed by atoms with van der Waals surface area (Å²) in [7, 11) is 0. The topological polar surface area (TPSA) is 0 Å². The summed E-state index contributed by atoms with van der Waals surface area (Å²) in [4.78, 5) is 0. The average Bonchev–Trinajstić information content (AvgIpc) is 0.918. The summed E-state index contributed by atoms with van der Waals surface area (Å²) in [6.07, 6.45) is 1.50. The van der Waals surface area contributed by atoms with E-state index < -0.39 is 0 Å². The largest absolute Gasteiger partial charge is 1.00 e. The van der Waals surface area contributed by atoms with Crippen LogP contribution in [0.15, 0.2) is 12.7 Å². The van der Waals surface area contributed by atoms with Crippen molar-refractivity contribution in [3.63, 3.8) is 0 Å². The maximum Gasteiger partial charge on any atom is 1.00 e. The average molecular weight is 238 g/mol. The maximum absolute atomic E-state index is 3.25. The minimum absolute atomic E-state index is 0. The summed E-state index contributed by atoms with van der Waals surface area (Å²) in [5, 5.41) is 0. The predicted molar refractivity (Wildman–Crippen MR) is 15.6 cm³/mol. The summed E-state index contributed by atoms with van der Waals surface area (Å²) >= 11 is 0. The molecule has 0 atom stereocenters. The number of hydrogen-bond donors (Lipinski definition) is 0. The minimum atomic E-state index is 0. The molecule has 0 bridgehead atoms. The molecule has 0 N–H and O–H groups in total. The molecule has 0 fully saturated rings. The van der Waals surface area contributed by atoms with Crippen molar-refractivity contribution < 1.29 is 22.4 Å². The van der Waals surface area contributed by atoms with Crippen molar-refractivity contribution in [3.8, 4) is 0 Å². The van der Waals surface area contributed by atoms with Gasteiger partial charge in [-0.1, -0.05) is 0 Å². The molecule has 0 radical (unpaired) electrons. The molecule has 0 aromatic rings. The van der Waals surface area contributed by atoms with Crippen LogP contribution in [0.25, 0.3) is 0 Å². The van der Waals surface area contributed by atoms with Gasteiger partial charge >= 0.3 is 22.4 Å². The van der Waals surface area contributed by atoms with Gasteiger partial charge in [-0.05, 0) is 0 Å². The van der Waals surface area contributed by atoms with Crippen LogP contribution in [0, 0.1) is 6.92 Å². The molecule has 0 saturated carbocycles. The van der Waals surface area contributed by atoms with Crippen LogP contribution in [0.5, 0.6) is 0 Å². The number of rotatable bonds is 0. The molecule has 0 spiro atoms. The van der Waals surface area contributed by atoms with Gasteiger partial charge in [0, 0.05) is 0 Å². The Morgan fingerprint density at radius 1 is 1.75 bits per heavy atom. The second-order valence-corrected chi connectivity index (χ2v) is 0.289. The van der Waals surface area contributed by atoms with E-state index in [1.165, 1.54) is 6.08 Å². The zero-order valence-electron chi connectivity index (χ0n) is 2.29. The summed E-state index contributed by atoms with van der Waals surface area (Å²) in [6.45, 7) is 6.50. The van der Waals surface area contributed by atoms with E-state index >= 15 is 0 Å². The molecule has 0 aliphatic rings. The summed E-state index contributed by atoms with van der Waals surface area (Å²) in [5.74, 6) is 0. The van der Waals surface area contributed by atoms with Gasteiger partial charge < -0.3 is 0 Å². The van der Waals surface area contributed by atoms with Crippen molar-refractivity contribution in [1.29, 1.82) is 0 Å². The smallest absolute Gasteiger partial charge is 0.245 e. The molecule has 0 aromatic heterocycles. The molecular weight excluding hydrogens is 233 g/mol. The Bertz CT molecular complexity index is 10.8. The Morgan fingerprint density at radius 3 is 1.75 bits per heavy atom. The fourth-order valence-corrected chi connectivity index (χ4v) is 0. The van der Waals surface area contributed by atoms with Gasteiger partial charge in [0.1, 0.15) is 0 Å². The standard InChI is InChI=1S/C3H5.Au/c1-3-2;/h3H,1-2H2;/q-1;+1. The first-order chi connectivity index (χ1) is 1.41. The Balaban J connectivity index is 0. The van der Waals surface area contributed by atoms with Gasteiger partial charge in [-0.2, -0.15) is 0 Å². The van der Waals surface area contributed by atoms with E-state index in [0.29, 0.717) is 0 Å². The van der Waals surface area contributed by atoms with Crippen LogP contribution < -0.4 is 0 Å². The van der Waals surface area contributed by atoms with E-state index in [9.17, 15) is 0 Å². The van der Waals surface area contributed by atoms with Gasteiger partial charge in [0.2, 0.25) is 0 Å². The minimum Gasteiger partial charge on any atom is -0.245 e. The van der Waals surface area contributed by atoms with Crippen LogP contribution >= 0.6 is 0 Å². The SMILES string of the molecule is C=C[CH2-].[Au+]. The molecule has 1 heteroatoms. The van der Waals surface area contributed by atoms with Crippen molar-refractivity contribution in [2.75, 3.05) is 0 Å². The summed E-state index contributed by atoms with van der Waals surface area (Å²) < 4.78 is 0. The fourth-order valence-electron chi connectivity index (χ4n) is 0. The molecule has 0 saturated heterocycles. The van der Waals surface area contributed by atoms with Crippen LogP contribution in [0.3, 0.4) is 0 Å². The zero-order valence-corrected chi connectivity index (χ0v) is 4.46. The van der Waals surface area contributed by atoms with E-state index in [0.717, 1.165) is 0 Å². The second kappa shape index (κ2) is 10.2. The molecule has 4 heavy (non-hydrogen) atoms. The Kier molecular flexibility index (Phi) is 22.4. The third-order valence-electron chi connectivity index (χ3n) is 0. The third-order valence-corrected chi connectivity index (χ3v) is 0. The van der Waals surface area contributed by atoms with Crippen LogP contribution in [-0.2, 0) is 22.4 Å². The van der Waals surface area contributed by atoms with Crippen LogP contribution in [-0.4, -0.2) is 0 Å². The van der Waals surface area contributed by atoms with E-state index in [1.54, 1.807) is 0 Å². The fraction of sp³-hybridized carbons (Fsp3) is 0. The molecule has 0 amide bonds. The monoisotopic (exact) mass is 238 g/mol. The van der Waals surface area contributed by atoms with E-state index in [1.807, 2.05) is 0 Å². The van der Waals surface area contributed by atoms with Crippen molar-refractivity contribution in [2.24, 2.45) is 0 Å². The first kappa shape index (κ1) is 8.84. The Morgan fingerprint density at radius 2 is 1.75 bits per heavy atom. The Labute approximate surface area is 42.4 Å². The number of allylic oxidation sites excluding steroid dienone is 1. The quantitative estimate of drug-likeness (QED) is 0.436. The van der Waals surface area contributed by atoms with Crippen molar-refractivity contribution in [3.05, 3.63) is 19.6 Å². The van der Waals surface area contributed by atoms with E-state index in [2.05, 4.69) is 13.5 Å². The Hall–Kier alpha value is 0.350. The second-order valence-electron chi connectivity index (χ2n) is 0.289. The van der Waals surface area contributed by atoms with Crippen LogP contribution in [0.2, 0.25) is 0 Å². The van der Waals surface area contributed by atoms with E-state index in [4.69, 9.17) is 0 Å².